The number of hydrogen-bond donors (Lipinski definition) is 1. The zero-order valence-electron chi connectivity index (χ0n) is 15.7. The van der Waals surface area contributed by atoms with Crippen LogP contribution >= 0.6 is 0 Å². The molecule has 0 unspecified atom stereocenters. The second-order valence-electron chi connectivity index (χ2n) is 6.86. The maximum atomic E-state index is 12.5. The number of hydrogen-bond acceptors (Lipinski definition) is 6. The van der Waals surface area contributed by atoms with Crippen molar-refractivity contribution in [3.63, 3.8) is 0 Å². The Morgan fingerprint density at radius 3 is 2.41 bits per heavy atom. The summed E-state index contributed by atoms with van der Waals surface area (Å²) >= 11 is 0. The molecule has 8 nitrogen and oxygen atoms in total. The average Bonchev–Trinajstić information content (AvgIpc) is 2.94. The van der Waals surface area contributed by atoms with Crippen molar-refractivity contribution in [2.75, 3.05) is 37.7 Å². The highest BCUT2D eigenvalue weighted by molar-refractivity contribution is 7.90. The predicted molar refractivity (Wildman–Crippen MR) is 106 cm³/mol. The molecule has 2 aliphatic heterocycles. The summed E-state index contributed by atoms with van der Waals surface area (Å²) in [6, 6.07) is 13.8. The molecular formula is C20H21N3O5S. The molecule has 1 N–H and O–H groups in total. The van der Waals surface area contributed by atoms with Gasteiger partial charge in [-0.2, -0.15) is 0 Å². The van der Waals surface area contributed by atoms with E-state index in [0.717, 1.165) is 24.3 Å². The number of anilines is 1. The van der Waals surface area contributed by atoms with Gasteiger partial charge in [-0.3, -0.25) is 9.59 Å². The van der Waals surface area contributed by atoms with Crippen molar-refractivity contribution < 1.29 is 22.7 Å². The molecule has 2 aliphatic rings. The fraction of sp³-hybridized carbons (Fsp3) is 0.300. The molecule has 2 aromatic carbocycles. The summed E-state index contributed by atoms with van der Waals surface area (Å²) in [5.41, 5.74) is 2.07. The Hall–Kier alpha value is -2.91. The van der Waals surface area contributed by atoms with E-state index in [1.54, 1.807) is 12.1 Å². The minimum absolute atomic E-state index is 0.0588. The Bertz CT molecular complexity index is 1030. The molecule has 2 heterocycles. The molecule has 0 atom stereocenters. The number of sulfonamides is 1. The maximum Gasteiger partial charge on any atom is 0.269 e. The Morgan fingerprint density at radius 1 is 1.03 bits per heavy atom. The molecule has 0 aromatic heterocycles. The van der Waals surface area contributed by atoms with Gasteiger partial charge in [0.15, 0.2) is 0 Å². The molecule has 0 aliphatic carbocycles. The molecule has 2 aromatic rings. The summed E-state index contributed by atoms with van der Waals surface area (Å²) in [6.07, 6.45) is 0. The zero-order chi connectivity index (χ0) is 20.4. The molecule has 9 heteroatoms. The van der Waals surface area contributed by atoms with Gasteiger partial charge in [0.1, 0.15) is 11.4 Å². The first-order valence-corrected chi connectivity index (χ1v) is 10.8. The molecular weight excluding hydrogens is 394 g/mol. The Labute approximate surface area is 169 Å². The molecule has 29 heavy (non-hydrogen) atoms. The van der Waals surface area contributed by atoms with Crippen LogP contribution in [0.3, 0.4) is 0 Å². The fourth-order valence-corrected chi connectivity index (χ4v) is 4.95. The summed E-state index contributed by atoms with van der Waals surface area (Å²) in [6.45, 7) is 2.81. The number of rotatable bonds is 5. The van der Waals surface area contributed by atoms with Crippen molar-refractivity contribution in [3.05, 3.63) is 59.7 Å². The van der Waals surface area contributed by atoms with Crippen molar-refractivity contribution >= 4 is 27.5 Å². The van der Waals surface area contributed by atoms with Gasteiger partial charge in [-0.25, -0.2) is 12.7 Å². The maximum absolute atomic E-state index is 12.5. The highest BCUT2D eigenvalue weighted by Gasteiger charge is 2.41. The van der Waals surface area contributed by atoms with Crippen molar-refractivity contribution in [3.8, 4) is 0 Å². The van der Waals surface area contributed by atoms with Gasteiger partial charge in [0.05, 0.1) is 18.8 Å². The second kappa shape index (κ2) is 7.84. The van der Waals surface area contributed by atoms with Gasteiger partial charge < -0.3 is 15.0 Å². The van der Waals surface area contributed by atoms with Crippen LogP contribution in [0.2, 0.25) is 0 Å². The summed E-state index contributed by atoms with van der Waals surface area (Å²) in [5.74, 6) is -1.21. The topological polar surface area (TPSA) is 96.0 Å². The molecule has 152 valence electrons. The van der Waals surface area contributed by atoms with E-state index in [1.165, 1.54) is 12.1 Å². The largest absolute Gasteiger partial charge is 0.378 e. The number of ether oxygens (including phenoxy) is 1. The Kier molecular flexibility index (Phi) is 5.25. The molecule has 0 saturated carbocycles. The van der Waals surface area contributed by atoms with E-state index in [2.05, 4.69) is 10.2 Å². The van der Waals surface area contributed by atoms with E-state index in [9.17, 15) is 18.0 Å². The smallest absolute Gasteiger partial charge is 0.269 e. The number of fused-ring (bicyclic) bond motifs is 1. The number of nitrogens with zero attached hydrogens (tertiary/aromatic N) is 2. The second-order valence-corrected chi connectivity index (χ2v) is 8.69. The average molecular weight is 415 g/mol. The lowest BCUT2D eigenvalue weighted by Gasteiger charge is -2.28. The van der Waals surface area contributed by atoms with Crippen molar-refractivity contribution in [1.82, 2.24) is 9.62 Å². The van der Waals surface area contributed by atoms with Crippen LogP contribution in [0.1, 0.15) is 15.9 Å². The van der Waals surface area contributed by atoms with Crippen molar-refractivity contribution in [1.29, 1.82) is 0 Å². The van der Waals surface area contributed by atoms with Crippen LogP contribution in [0.5, 0.6) is 0 Å². The quantitative estimate of drug-likeness (QED) is 0.782. The van der Waals surface area contributed by atoms with Gasteiger partial charge in [-0.05, 0) is 29.8 Å². The summed E-state index contributed by atoms with van der Waals surface area (Å²) in [4.78, 5) is 26.8. The summed E-state index contributed by atoms with van der Waals surface area (Å²) in [7, 11) is -3.98. The lowest BCUT2D eigenvalue weighted by Crippen LogP contribution is -2.40. The number of carbonyl (C=O) groups is 2. The minimum Gasteiger partial charge on any atom is -0.378 e. The predicted octanol–water partition coefficient (Wildman–Crippen LogP) is 0.984. The first kappa shape index (κ1) is 19.4. The van der Waals surface area contributed by atoms with E-state index >= 15 is 0 Å². The van der Waals surface area contributed by atoms with Gasteiger partial charge in [-0.15, -0.1) is 0 Å². The van der Waals surface area contributed by atoms with Crippen LogP contribution in [0.4, 0.5) is 5.69 Å². The zero-order valence-corrected chi connectivity index (χ0v) is 16.5. The SMILES string of the molecule is O=C(CN1C(=O)c2ccccc2S1(=O)=O)NCc1ccc(N2CCOCC2)cc1. The van der Waals surface area contributed by atoms with Crippen LogP contribution < -0.4 is 10.2 Å². The number of nitrogens with one attached hydrogen (secondary N) is 1. The highest BCUT2D eigenvalue weighted by atomic mass is 32.2. The van der Waals surface area contributed by atoms with Crippen LogP contribution in [-0.4, -0.2) is 57.4 Å². The molecule has 4 rings (SSSR count). The number of carbonyl (C=O) groups excluding carboxylic acids is 2. The van der Waals surface area contributed by atoms with E-state index in [1.807, 2.05) is 24.3 Å². The summed E-state index contributed by atoms with van der Waals surface area (Å²) < 4.78 is 31.0. The molecule has 0 radical (unpaired) electrons. The highest BCUT2D eigenvalue weighted by Crippen LogP contribution is 2.29. The standard InChI is InChI=1S/C20H21N3O5S/c24-19(14-23-20(25)17-3-1-2-4-18(17)29(23,26)27)21-13-15-5-7-16(8-6-15)22-9-11-28-12-10-22/h1-8H,9-14H2,(H,21,24). The third-order valence-electron chi connectivity index (χ3n) is 5.00. The molecule has 0 bridgehead atoms. The molecule has 2 amide bonds. The van der Waals surface area contributed by atoms with Gasteiger partial charge in [-0.1, -0.05) is 24.3 Å². The fourth-order valence-electron chi connectivity index (χ4n) is 3.42. The lowest BCUT2D eigenvalue weighted by molar-refractivity contribution is -0.121. The van der Waals surface area contributed by atoms with Crippen LogP contribution in [0, 0.1) is 0 Å². The minimum atomic E-state index is -3.98. The first-order chi connectivity index (χ1) is 14.0. The number of morpholine rings is 1. The Morgan fingerprint density at radius 2 is 1.72 bits per heavy atom. The first-order valence-electron chi connectivity index (χ1n) is 9.31. The number of benzene rings is 2. The van der Waals surface area contributed by atoms with E-state index in [4.69, 9.17) is 4.74 Å². The van der Waals surface area contributed by atoms with Crippen LogP contribution in [0.25, 0.3) is 0 Å². The Balaban J connectivity index is 1.35. The van der Waals surface area contributed by atoms with E-state index in [0.29, 0.717) is 17.5 Å². The van der Waals surface area contributed by atoms with Gasteiger partial charge in [0.2, 0.25) is 5.91 Å². The van der Waals surface area contributed by atoms with E-state index in [-0.39, 0.29) is 17.0 Å². The van der Waals surface area contributed by atoms with Crippen LogP contribution in [0.15, 0.2) is 53.4 Å². The third-order valence-corrected chi connectivity index (χ3v) is 6.79. The lowest BCUT2D eigenvalue weighted by atomic mass is 10.2. The van der Waals surface area contributed by atoms with Crippen molar-refractivity contribution in [2.24, 2.45) is 0 Å². The van der Waals surface area contributed by atoms with Crippen LogP contribution in [-0.2, 0) is 26.1 Å². The molecule has 1 fully saturated rings. The molecule has 1 saturated heterocycles. The van der Waals surface area contributed by atoms with Gasteiger partial charge in [0, 0.05) is 25.3 Å². The third kappa shape index (κ3) is 3.83. The van der Waals surface area contributed by atoms with Gasteiger partial charge >= 0.3 is 0 Å². The monoisotopic (exact) mass is 415 g/mol. The molecule has 0 spiro atoms. The van der Waals surface area contributed by atoms with Gasteiger partial charge in [0.25, 0.3) is 15.9 Å². The number of amides is 2. The van der Waals surface area contributed by atoms with Crippen molar-refractivity contribution in [2.45, 2.75) is 11.4 Å². The summed E-state index contributed by atoms with van der Waals surface area (Å²) in [5, 5.41) is 2.68. The normalized spacial score (nSPS) is 17.9. The van der Waals surface area contributed by atoms with E-state index < -0.39 is 28.4 Å².